The van der Waals surface area contributed by atoms with Gasteiger partial charge in [0.1, 0.15) is 0 Å². The predicted octanol–water partition coefficient (Wildman–Crippen LogP) is 3.50. The van der Waals surface area contributed by atoms with Crippen molar-refractivity contribution < 1.29 is 4.79 Å². The molecule has 2 nitrogen and oxygen atoms in total. The second-order valence-electron chi connectivity index (χ2n) is 4.06. The summed E-state index contributed by atoms with van der Waals surface area (Å²) < 4.78 is 0. The summed E-state index contributed by atoms with van der Waals surface area (Å²) in [5.41, 5.74) is 1.18. The number of aryl methyl sites for hydroxylation is 2. The van der Waals surface area contributed by atoms with E-state index in [2.05, 4.69) is 5.32 Å². The minimum absolute atomic E-state index is 0.0308. The molecule has 1 rings (SSSR count). The lowest BCUT2D eigenvalue weighted by Crippen LogP contribution is -2.32. The Morgan fingerprint density at radius 1 is 1.56 bits per heavy atom. The van der Waals surface area contributed by atoms with Crippen molar-refractivity contribution in [2.24, 2.45) is 0 Å². The third kappa shape index (κ3) is 3.80. The maximum Gasteiger partial charge on any atom is 0.261 e. The Labute approximate surface area is 106 Å². The molecule has 90 valence electrons. The molecule has 16 heavy (non-hydrogen) atoms. The molecule has 1 N–H and O–H groups in total. The van der Waals surface area contributed by atoms with E-state index in [0.29, 0.717) is 5.88 Å². The van der Waals surface area contributed by atoms with Crippen LogP contribution in [0.1, 0.15) is 39.9 Å². The lowest BCUT2D eigenvalue weighted by Gasteiger charge is -2.11. The second-order valence-corrected chi connectivity index (χ2v) is 5.69. The number of thiophene rings is 1. The molecule has 0 aliphatic rings. The standard InChI is InChI=1S/C12H18ClNOS/c1-8-7-11(16-10(8)3)12(15)14-9(2)5-4-6-13/h7,9H,4-6H2,1-3H3,(H,14,15). The molecule has 1 unspecified atom stereocenters. The minimum atomic E-state index is 0.0308. The molecule has 0 bridgehead atoms. The molecule has 1 heterocycles. The molecule has 0 fully saturated rings. The van der Waals surface area contributed by atoms with Gasteiger partial charge in [-0.25, -0.2) is 0 Å². The van der Waals surface area contributed by atoms with Crippen molar-refractivity contribution in [1.82, 2.24) is 5.32 Å². The largest absolute Gasteiger partial charge is 0.349 e. The van der Waals surface area contributed by atoms with Crippen LogP contribution in [-0.2, 0) is 0 Å². The third-order valence-corrected chi connectivity index (χ3v) is 3.96. The average molecular weight is 260 g/mol. The molecule has 1 aromatic heterocycles. The summed E-state index contributed by atoms with van der Waals surface area (Å²) in [4.78, 5) is 13.9. The summed E-state index contributed by atoms with van der Waals surface area (Å²) in [5, 5.41) is 2.98. The average Bonchev–Trinajstić information content (AvgIpc) is 2.56. The Morgan fingerprint density at radius 2 is 2.25 bits per heavy atom. The summed E-state index contributed by atoms with van der Waals surface area (Å²) >= 11 is 7.16. The van der Waals surface area contributed by atoms with Gasteiger partial charge in [0.2, 0.25) is 0 Å². The second kappa shape index (κ2) is 6.26. The molecule has 0 aliphatic carbocycles. The minimum Gasteiger partial charge on any atom is -0.349 e. The van der Waals surface area contributed by atoms with E-state index in [1.165, 1.54) is 10.4 Å². The van der Waals surface area contributed by atoms with Crippen LogP contribution in [0.4, 0.5) is 0 Å². The highest BCUT2D eigenvalue weighted by Crippen LogP contribution is 2.20. The number of alkyl halides is 1. The van der Waals surface area contributed by atoms with Crippen molar-refractivity contribution >= 4 is 28.8 Å². The molecular formula is C12H18ClNOS. The van der Waals surface area contributed by atoms with Crippen LogP contribution >= 0.6 is 22.9 Å². The van der Waals surface area contributed by atoms with E-state index >= 15 is 0 Å². The van der Waals surface area contributed by atoms with Gasteiger partial charge in [-0.15, -0.1) is 22.9 Å². The number of hydrogen-bond acceptors (Lipinski definition) is 2. The van der Waals surface area contributed by atoms with E-state index < -0.39 is 0 Å². The highest BCUT2D eigenvalue weighted by Gasteiger charge is 2.12. The van der Waals surface area contributed by atoms with Gasteiger partial charge < -0.3 is 5.32 Å². The Kier molecular flexibility index (Phi) is 5.29. The number of hydrogen-bond donors (Lipinski definition) is 1. The lowest BCUT2D eigenvalue weighted by molar-refractivity contribution is 0.0942. The van der Waals surface area contributed by atoms with Gasteiger partial charge in [-0.3, -0.25) is 4.79 Å². The molecule has 0 aliphatic heterocycles. The van der Waals surface area contributed by atoms with Crippen LogP contribution in [0.5, 0.6) is 0 Å². The highest BCUT2D eigenvalue weighted by atomic mass is 35.5. The zero-order valence-electron chi connectivity index (χ0n) is 9.97. The van der Waals surface area contributed by atoms with Gasteiger partial charge in [0, 0.05) is 16.8 Å². The van der Waals surface area contributed by atoms with Crippen molar-refractivity contribution in [1.29, 1.82) is 0 Å². The first-order valence-corrected chi connectivity index (χ1v) is 6.83. The fraction of sp³-hybridized carbons (Fsp3) is 0.583. The maximum absolute atomic E-state index is 11.9. The fourth-order valence-corrected chi connectivity index (χ4v) is 2.53. The first-order valence-electron chi connectivity index (χ1n) is 5.48. The number of carbonyl (C=O) groups excluding carboxylic acids is 1. The van der Waals surface area contributed by atoms with Gasteiger partial charge in [0.15, 0.2) is 0 Å². The van der Waals surface area contributed by atoms with E-state index in [1.54, 1.807) is 11.3 Å². The van der Waals surface area contributed by atoms with Crippen molar-refractivity contribution in [3.8, 4) is 0 Å². The monoisotopic (exact) mass is 259 g/mol. The third-order valence-electron chi connectivity index (χ3n) is 2.54. The first kappa shape index (κ1) is 13.5. The van der Waals surface area contributed by atoms with Crippen molar-refractivity contribution in [2.75, 3.05) is 5.88 Å². The van der Waals surface area contributed by atoms with Crippen LogP contribution in [0.15, 0.2) is 6.07 Å². The zero-order valence-corrected chi connectivity index (χ0v) is 11.5. The van der Waals surface area contributed by atoms with E-state index in [1.807, 2.05) is 26.8 Å². The smallest absolute Gasteiger partial charge is 0.261 e. The summed E-state index contributed by atoms with van der Waals surface area (Å²) in [6, 6.07) is 2.14. The van der Waals surface area contributed by atoms with E-state index in [9.17, 15) is 4.79 Å². The van der Waals surface area contributed by atoms with Gasteiger partial charge in [0.05, 0.1) is 4.88 Å². The van der Waals surface area contributed by atoms with Gasteiger partial charge in [-0.1, -0.05) is 0 Å². The van der Waals surface area contributed by atoms with Gasteiger partial charge in [0.25, 0.3) is 5.91 Å². The Hall–Kier alpha value is -0.540. The van der Waals surface area contributed by atoms with Gasteiger partial charge in [-0.2, -0.15) is 0 Å². The SMILES string of the molecule is Cc1cc(C(=O)NC(C)CCCCl)sc1C. The zero-order chi connectivity index (χ0) is 12.1. The number of amides is 1. The van der Waals surface area contributed by atoms with Gasteiger partial charge in [-0.05, 0) is 45.2 Å². The number of nitrogens with one attached hydrogen (secondary N) is 1. The quantitative estimate of drug-likeness (QED) is 0.806. The van der Waals surface area contributed by atoms with Crippen molar-refractivity contribution in [2.45, 2.75) is 39.7 Å². The Balaban J connectivity index is 2.52. The number of halogens is 1. The van der Waals surface area contributed by atoms with E-state index in [0.717, 1.165) is 17.7 Å². The molecule has 1 aromatic rings. The Bertz CT molecular complexity index is 342. The predicted molar refractivity (Wildman–Crippen MR) is 70.7 cm³/mol. The molecule has 1 atom stereocenters. The molecule has 0 saturated heterocycles. The molecule has 0 radical (unpaired) electrons. The lowest BCUT2D eigenvalue weighted by atomic mass is 10.2. The number of rotatable bonds is 5. The van der Waals surface area contributed by atoms with Crippen LogP contribution in [-0.4, -0.2) is 17.8 Å². The van der Waals surface area contributed by atoms with Crippen LogP contribution < -0.4 is 5.32 Å². The van der Waals surface area contributed by atoms with E-state index in [4.69, 9.17) is 11.6 Å². The maximum atomic E-state index is 11.9. The normalized spacial score (nSPS) is 12.5. The van der Waals surface area contributed by atoms with Crippen LogP contribution in [0, 0.1) is 13.8 Å². The first-order chi connectivity index (χ1) is 7.54. The summed E-state index contributed by atoms with van der Waals surface area (Å²) in [6.07, 6.45) is 1.87. The molecular weight excluding hydrogens is 242 g/mol. The summed E-state index contributed by atoms with van der Waals surface area (Å²) in [5.74, 6) is 0.681. The molecule has 0 spiro atoms. The van der Waals surface area contributed by atoms with Crippen LogP contribution in [0.2, 0.25) is 0 Å². The number of carbonyl (C=O) groups is 1. The molecule has 0 aromatic carbocycles. The summed E-state index contributed by atoms with van der Waals surface area (Å²) in [6.45, 7) is 6.07. The fourth-order valence-electron chi connectivity index (χ4n) is 1.44. The van der Waals surface area contributed by atoms with Crippen molar-refractivity contribution in [3.05, 3.63) is 21.4 Å². The van der Waals surface area contributed by atoms with E-state index in [-0.39, 0.29) is 11.9 Å². The van der Waals surface area contributed by atoms with Crippen LogP contribution in [0.25, 0.3) is 0 Å². The molecule has 4 heteroatoms. The highest BCUT2D eigenvalue weighted by molar-refractivity contribution is 7.14. The van der Waals surface area contributed by atoms with Crippen LogP contribution in [0.3, 0.4) is 0 Å². The van der Waals surface area contributed by atoms with Gasteiger partial charge >= 0.3 is 0 Å². The topological polar surface area (TPSA) is 29.1 Å². The molecule has 1 amide bonds. The van der Waals surface area contributed by atoms with Crippen molar-refractivity contribution in [3.63, 3.8) is 0 Å². The molecule has 0 saturated carbocycles. The Morgan fingerprint density at radius 3 is 2.75 bits per heavy atom. The summed E-state index contributed by atoms with van der Waals surface area (Å²) in [7, 11) is 0.